The molecule has 1 aromatic carbocycles. The number of aromatic nitrogens is 2. The van der Waals surface area contributed by atoms with E-state index in [2.05, 4.69) is 18.9 Å². The van der Waals surface area contributed by atoms with Crippen molar-refractivity contribution in [1.82, 2.24) is 9.78 Å². The van der Waals surface area contributed by atoms with E-state index in [1.165, 1.54) is 0 Å². The molecule has 1 heterocycles. The van der Waals surface area contributed by atoms with Gasteiger partial charge in [-0.2, -0.15) is 5.10 Å². The molecule has 0 aliphatic carbocycles. The fraction of sp³-hybridized carbons (Fsp3) is 0.471. The van der Waals surface area contributed by atoms with E-state index in [0.29, 0.717) is 5.92 Å². The smallest absolute Gasteiger partial charge is 0.0848 e. The average molecular weight is 272 g/mol. The molecule has 108 valence electrons. The van der Waals surface area contributed by atoms with Crippen molar-refractivity contribution in [1.29, 1.82) is 0 Å². The Labute approximate surface area is 121 Å². The average Bonchev–Trinajstić information content (AvgIpc) is 2.97. The predicted octanol–water partition coefficient (Wildman–Crippen LogP) is 4.12. The maximum atomic E-state index is 10.5. The molecule has 1 aromatic heterocycles. The van der Waals surface area contributed by atoms with E-state index >= 15 is 0 Å². The molecule has 0 bridgehead atoms. The number of benzene rings is 1. The summed E-state index contributed by atoms with van der Waals surface area (Å²) in [6, 6.07) is 9.99. The molecule has 0 radical (unpaired) electrons. The Kier molecular flexibility index (Phi) is 5.36. The van der Waals surface area contributed by atoms with Gasteiger partial charge in [0.2, 0.25) is 0 Å². The minimum atomic E-state index is -0.410. The summed E-state index contributed by atoms with van der Waals surface area (Å²) >= 11 is 0. The summed E-state index contributed by atoms with van der Waals surface area (Å²) in [6.45, 7) is 4.34. The van der Waals surface area contributed by atoms with Gasteiger partial charge in [-0.25, -0.2) is 4.68 Å². The lowest BCUT2D eigenvalue weighted by Gasteiger charge is -2.20. The van der Waals surface area contributed by atoms with Crippen LogP contribution in [0, 0.1) is 5.92 Å². The summed E-state index contributed by atoms with van der Waals surface area (Å²) in [6.07, 6.45) is 7.65. The van der Waals surface area contributed by atoms with E-state index in [1.54, 1.807) is 6.20 Å². The molecule has 0 spiro atoms. The highest BCUT2D eigenvalue weighted by molar-refractivity contribution is 5.31. The normalized spacial score (nSPS) is 12.8. The summed E-state index contributed by atoms with van der Waals surface area (Å²) in [5, 5.41) is 14.9. The summed E-state index contributed by atoms with van der Waals surface area (Å²) in [5.41, 5.74) is 1.94. The van der Waals surface area contributed by atoms with Crippen molar-refractivity contribution in [2.24, 2.45) is 5.92 Å². The molecular weight excluding hydrogens is 248 g/mol. The van der Waals surface area contributed by atoms with Crippen LogP contribution in [-0.4, -0.2) is 14.9 Å². The van der Waals surface area contributed by atoms with Crippen LogP contribution in [0.15, 0.2) is 42.7 Å². The van der Waals surface area contributed by atoms with Gasteiger partial charge in [-0.1, -0.05) is 44.9 Å². The maximum Gasteiger partial charge on any atom is 0.0848 e. The van der Waals surface area contributed by atoms with E-state index in [0.717, 1.165) is 36.9 Å². The second-order valence-electron chi connectivity index (χ2n) is 5.34. The molecule has 0 fully saturated rings. The Morgan fingerprint density at radius 3 is 2.35 bits per heavy atom. The number of para-hydroxylation sites is 1. The highest BCUT2D eigenvalue weighted by atomic mass is 16.3. The largest absolute Gasteiger partial charge is 0.388 e. The van der Waals surface area contributed by atoms with Crippen molar-refractivity contribution in [2.75, 3.05) is 0 Å². The van der Waals surface area contributed by atoms with Gasteiger partial charge in [0.1, 0.15) is 0 Å². The number of hydrogen-bond acceptors (Lipinski definition) is 2. The van der Waals surface area contributed by atoms with Crippen LogP contribution in [0.4, 0.5) is 0 Å². The lowest BCUT2D eigenvalue weighted by molar-refractivity contribution is 0.0964. The summed E-state index contributed by atoms with van der Waals surface area (Å²) < 4.78 is 1.83. The summed E-state index contributed by atoms with van der Waals surface area (Å²) in [7, 11) is 0. The van der Waals surface area contributed by atoms with Crippen LogP contribution >= 0.6 is 0 Å². The molecule has 3 heteroatoms. The minimum absolute atomic E-state index is 0.332. The molecule has 2 aromatic rings. The second-order valence-corrected chi connectivity index (χ2v) is 5.34. The first-order chi connectivity index (χ1) is 9.76. The molecule has 1 unspecified atom stereocenters. The first kappa shape index (κ1) is 14.8. The van der Waals surface area contributed by atoms with Gasteiger partial charge in [-0.3, -0.25) is 0 Å². The molecule has 3 nitrogen and oxygen atoms in total. The Morgan fingerprint density at radius 2 is 1.75 bits per heavy atom. The van der Waals surface area contributed by atoms with Gasteiger partial charge in [0.25, 0.3) is 0 Å². The van der Waals surface area contributed by atoms with Gasteiger partial charge in [-0.05, 0) is 30.9 Å². The van der Waals surface area contributed by atoms with Gasteiger partial charge < -0.3 is 5.11 Å². The first-order valence-electron chi connectivity index (χ1n) is 7.54. The van der Waals surface area contributed by atoms with Crippen LogP contribution in [0.2, 0.25) is 0 Å². The summed E-state index contributed by atoms with van der Waals surface area (Å²) in [5.74, 6) is 0.332. The van der Waals surface area contributed by atoms with Crippen molar-refractivity contribution in [3.63, 3.8) is 0 Å². The highest BCUT2D eigenvalue weighted by Gasteiger charge is 2.20. The van der Waals surface area contributed by atoms with Gasteiger partial charge in [-0.15, -0.1) is 0 Å². The van der Waals surface area contributed by atoms with Crippen molar-refractivity contribution >= 4 is 0 Å². The molecule has 1 atom stereocenters. The van der Waals surface area contributed by atoms with E-state index in [-0.39, 0.29) is 0 Å². The van der Waals surface area contributed by atoms with Crippen LogP contribution in [0.5, 0.6) is 0 Å². The quantitative estimate of drug-likeness (QED) is 0.823. The van der Waals surface area contributed by atoms with E-state index in [1.807, 2.05) is 41.2 Å². The van der Waals surface area contributed by atoms with Crippen LogP contribution < -0.4 is 0 Å². The predicted molar refractivity (Wildman–Crippen MR) is 81.8 cm³/mol. The SMILES string of the molecule is CCCC(CCC)C(O)c1cnn(-c2ccccc2)c1. The highest BCUT2D eigenvalue weighted by Crippen LogP contribution is 2.29. The van der Waals surface area contributed by atoms with Crippen LogP contribution in [0.3, 0.4) is 0 Å². The molecule has 0 aliphatic rings. The number of aliphatic hydroxyl groups excluding tert-OH is 1. The van der Waals surface area contributed by atoms with E-state index in [4.69, 9.17) is 0 Å². The summed E-state index contributed by atoms with van der Waals surface area (Å²) in [4.78, 5) is 0. The maximum absolute atomic E-state index is 10.5. The fourth-order valence-electron chi connectivity index (χ4n) is 2.69. The number of aliphatic hydroxyl groups is 1. The molecule has 0 aliphatic heterocycles. The van der Waals surface area contributed by atoms with Crippen molar-refractivity contribution < 1.29 is 5.11 Å². The van der Waals surface area contributed by atoms with Gasteiger partial charge >= 0.3 is 0 Å². The Balaban J connectivity index is 2.15. The molecule has 0 saturated carbocycles. The minimum Gasteiger partial charge on any atom is -0.388 e. The van der Waals surface area contributed by atoms with E-state index < -0.39 is 6.10 Å². The van der Waals surface area contributed by atoms with E-state index in [9.17, 15) is 5.11 Å². The molecule has 0 amide bonds. The Bertz CT molecular complexity index is 501. The number of hydrogen-bond donors (Lipinski definition) is 1. The topological polar surface area (TPSA) is 38.1 Å². The zero-order chi connectivity index (χ0) is 14.4. The third kappa shape index (κ3) is 3.48. The fourth-order valence-corrected chi connectivity index (χ4v) is 2.69. The van der Waals surface area contributed by atoms with Crippen molar-refractivity contribution in [3.8, 4) is 5.69 Å². The van der Waals surface area contributed by atoms with Crippen molar-refractivity contribution in [2.45, 2.75) is 45.6 Å². The van der Waals surface area contributed by atoms with Gasteiger partial charge in [0.05, 0.1) is 18.0 Å². The number of nitrogens with zero attached hydrogens (tertiary/aromatic N) is 2. The first-order valence-corrected chi connectivity index (χ1v) is 7.54. The Hall–Kier alpha value is -1.61. The molecule has 20 heavy (non-hydrogen) atoms. The third-order valence-electron chi connectivity index (χ3n) is 3.73. The monoisotopic (exact) mass is 272 g/mol. The van der Waals surface area contributed by atoms with Gasteiger partial charge in [0, 0.05) is 11.8 Å². The zero-order valence-electron chi connectivity index (χ0n) is 12.4. The second kappa shape index (κ2) is 7.25. The van der Waals surface area contributed by atoms with Crippen LogP contribution in [0.1, 0.15) is 51.2 Å². The third-order valence-corrected chi connectivity index (χ3v) is 3.73. The van der Waals surface area contributed by atoms with Gasteiger partial charge in [0.15, 0.2) is 0 Å². The lowest BCUT2D eigenvalue weighted by atomic mass is 9.89. The molecule has 1 N–H and O–H groups in total. The molecule has 2 rings (SSSR count). The number of rotatable bonds is 7. The standard InChI is InChI=1S/C17H24N2O/c1-3-8-14(9-4-2)17(20)15-12-18-19(13-15)16-10-6-5-7-11-16/h5-7,10-14,17,20H,3-4,8-9H2,1-2H3. The van der Waals surface area contributed by atoms with Crippen LogP contribution in [-0.2, 0) is 0 Å². The van der Waals surface area contributed by atoms with Crippen LogP contribution in [0.25, 0.3) is 5.69 Å². The lowest BCUT2D eigenvalue weighted by Crippen LogP contribution is -2.12. The molecular formula is C17H24N2O. The zero-order valence-corrected chi connectivity index (χ0v) is 12.4. The Morgan fingerprint density at radius 1 is 1.10 bits per heavy atom. The molecule has 0 saturated heterocycles. The van der Waals surface area contributed by atoms with Crippen molar-refractivity contribution in [3.05, 3.63) is 48.3 Å².